The molecule has 84 valence electrons. The summed E-state index contributed by atoms with van der Waals surface area (Å²) in [6, 6.07) is 6.17. The molecule has 0 aliphatic rings. The van der Waals surface area contributed by atoms with E-state index < -0.39 is 0 Å². The summed E-state index contributed by atoms with van der Waals surface area (Å²) in [5.41, 5.74) is 3.37. The third-order valence-electron chi connectivity index (χ3n) is 2.13. The number of hydrogen-bond acceptors (Lipinski definition) is 3. The zero-order valence-corrected chi connectivity index (χ0v) is 9.32. The number of aliphatic hydroxyl groups is 1. The van der Waals surface area contributed by atoms with Crippen LogP contribution in [0.5, 0.6) is 0 Å². The molecule has 0 atom stereocenters. The van der Waals surface area contributed by atoms with E-state index in [1.165, 1.54) is 0 Å². The number of hydrogen-bond donors (Lipinski definition) is 1. The van der Waals surface area contributed by atoms with Crippen molar-refractivity contribution in [2.75, 3.05) is 20.8 Å². The molecule has 0 spiro atoms. The second kappa shape index (κ2) is 6.56. The molecular weight excluding hydrogens is 192 g/mol. The summed E-state index contributed by atoms with van der Waals surface area (Å²) in [7, 11) is 3.35. The summed E-state index contributed by atoms with van der Waals surface area (Å²) in [5, 5.41) is 8.90. The first-order valence-electron chi connectivity index (χ1n) is 5.00. The van der Waals surface area contributed by atoms with Crippen molar-refractivity contribution >= 4 is 0 Å². The average Bonchev–Trinajstić information content (AvgIpc) is 2.19. The maximum Gasteiger partial charge on any atom is 0.0713 e. The molecule has 1 aromatic carbocycles. The molecule has 0 fully saturated rings. The SMILES string of the molecule is COCc1cc(CCO)cc(COC)c1. The Morgan fingerprint density at radius 3 is 1.80 bits per heavy atom. The van der Waals surface area contributed by atoms with Crippen LogP contribution in [0.3, 0.4) is 0 Å². The smallest absolute Gasteiger partial charge is 0.0713 e. The Morgan fingerprint density at radius 1 is 0.933 bits per heavy atom. The molecule has 1 N–H and O–H groups in total. The van der Waals surface area contributed by atoms with Gasteiger partial charge in [0.05, 0.1) is 13.2 Å². The van der Waals surface area contributed by atoms with E-state index in [2.05, 4.69) is 18.2 Å². The van der Waals surface area contributed by atoms with Crippen LogP contribution in [-0.2, 0) is 29.1 Å². The van der Waals surface area contributed by atoms with Gasteiger partial charge in [-0.1, -0.05) is 18.2 Å². The number of methoxy groups -OCH3 is 2. The molecule has 0 saturated carbocycles. The molecule has 0 heterocycles. The monoisotopic (exact) mass is 210 g/mol. The molecule has 3 nitrogen and oxygen atoms in total. The summed E-state index contributed by atoms with van der Waals surface area (Å²) in [5.74, 6) is 0. The van der Waals surface area contributed by atoms with E-state index in [4.69, 9.17) is 14.6 Å². The molecular formula is C12H18O3. The Kier molecular flexibility index (Phi) is 5.32. The van der Waals surface area contributed by atoms with Crippen LogP contribution in [0.4, 0.5) is 0 Å². The molecule has 15 heavy (non-hydrogen) atoms. The fourth-order valence-electron chi connectivity index (χ4n) is 1.61. The summed E-state index contributed by atoms with van der Waals surface area (Å²) in [6.45, 7) is 1.36. The highest BCUT2D eigenvalue weighted by atomic mass is 16.5. The molecule has 0 unspecified atom stereocenters. The zero-order chi connectivity index (χ0) is 11.1. The maximum absolute atomic E-state index is 8.90. The first-order valence-corrected chi connectivity index (χ1v) is 5.00. The molecule has 1 rings (SSSR count). The largest absolute Gasteiger partial charge is 0.396 e. The van der Waals surface area contributed by atoms with Gasteiger partial charge in [-0.3, -0.25) is 0 Å². The Morgan fingerprint density at radius 2 is 1.40 bits per heavy atom. The lowest BCUT2D eigenvalue weighted by molar-refractivity contribution is 0.180. The predicted octanol–water partition coefficient (Wildman–Crippen LogP) is 1.51. The molecule has 0 saturated heterocycles. The normalized spacial score (nSPS) is 10.6. The van der Waals surface area contributed by atoms with E-state index >= 15 is 0 Å². The van der Waals surface area contributed by atoms with E-state index in [0.717, 1.165) is 16.7 Å². The van der Waals surface area contributed by atoms with Gasteiger partial charge in [-0.2, -0.15) is 0 Å². The van der Waals surface area contributed by atoms with Gasteiger partial charge in [0.2, 0.25) is 0 Å². The first kappa shape index (κ1) is 12.2. The van der Waals surface area contributed by atoms with Crippen molar-refractivity contribution in [1.82, 2.24) is 0 Å². The fourth-order valence-corrected chi connectivity index (χ4v) is 1.61. The third kappa shape index (κ3) is 4.00. The van der Waals surface area contributed by atoms with Crippen LogP contribution < -0.4 is 0 Å². The van der Waals surface area contributed by atoms with Crippen molar-refractivity contribution in [2.24, 2.45) is 0 Å². The van der Waals surface area contributed by atoms with Crippen molar-refractivity contribution in [3.05, 3.63) is 34.9 Å². The average molecular weight is 210 g/mol. The zero-order valence-electron chi connectivity index (χ0n) is 9.32. The summed E-state index contributed by atoms with van der Waals surface area (Å²) in [6.07, 6.45) is 0.675. The number of benzene rings is 1. The van der Waals surface area contributed by atoms with Crippen LogP contribution >= 0.6 is 0 Å². The molecule has 0 bridgehead atoms. The van der Waals surface area contributed by atoms with Gasteiger partial charge in [-0.25, -0.2) is 0 Å². The Hall–Kier alpha value is -0.900. The topological polar surface area (TPSA) is 38.7 Å². The van der Waals surface area contributed by atoms with Gasteiger partial charge in [0, 0.05) is 20.8 Å². The van der Waals surface area contributed by atoms with E-state index in [9.17, 15) is 0 Å². The molecule has 0 aliphatic heterocycles. The van der Waals surface area contributed by atoms with Crippen molar-refractivity contribution in [3.63, 3.8) is 0 Å². The summed E-state index contributed by atoms with van der Waals surface area (Å²) < 4.78 is 10.2. The Balaban J connectivity index is 2.86. The second-order valence-electron chi connectivity index (χ2n) is 3.50. The van der Waals surface area contributed by atoms with Gasteiger partial charge >= 0.3 is 0 Å². The van der Waals surface area contributed by atoms with Crippen LogP contribution in [-0.4, -0.2) is 25.9 Å². The van der Waals surface area contributed by atoms with E-state index in [0.29, 0.717) is 19.6 Å². The molecule has 3 heteroatoms. The molecule has 0 amide bonds. The highest BCUT2D eigenvalue weighted by Crippen LogP contribution is 2.13. The van der Waals surface area contributed by atoms with Crippen LogP contribution in [0, 0.1) is 0 Å². The summed E-state index contributed by atoms with van der Waals surface area (Å²) >= 11 is 0. The number of aliphatic hydroxyl groups excluding tert-OH is 1. The lowest BCUT2D eigenvalue weighted by atomic mass is 10.0. The Labute approximate surface area is 90.6 Å². The number of ether oxygens (including phenoxy) is 2. The third-order valence-corrected chi connectivity index (χ3v) is 2.13. The van der Waals surface area contributed by atoms with Crippen molar-refractivity contribution in [1.29, 1.82) is 0 Å². The van der Waals surface area contributed by atoms with Crippen molar-refractivity contribution in [3.8, 4) is 0 Å². The molecule has 1 aromatic rings. The lowest BCUT2D eigenvalue weighted by Crippen LogP contribution is -1.98. The van der Waals surface area contributed by atoms with Crippen molar-refractivity contribution < 1.29 is 14.6 Å². The van der Waals surface area contributed by atoms with Crippen LogP contribution in [0.1, 0.15) is 16.7 Å². The quantitative estimate of drug-likeness (QED) is 0.773. The van der Waals surface area contributed by atoms with Crippen LogP contribution in [0.2, 0.25) is 0 Å². The second-order valence-corrected chi connectivity index (χ2v) is 3.50. The number of rotatable bonds is 6. The molecule has 0 aliphatic carbocycles. The summed E-state index contributed by atoms with van der Waals surface area (Å²) in [4.78, 5) is 0. The van der Waals surface area contributed by atoms with Gasteiger partial charge in [-0.15, -0.1) is 0 Å². The fraction of sp³-hybridized carbons (Fsp3) is 0.500. The van der Waals surface area contributed by atoms with E-state index in [1.807, 2.05) is 0 Å². The van der Waals surface area contributed by atoms with Gasteiger partial charge in [0.1, 0.15) is 0 Å². The lowest BCUT2D eigenvalue weighted by Gasteiger charge is -2.08. The standard InChI is InChI=1S/C12H18O3/c1-14-8-11-5-10(3-4-13)6-12(7-11)9-15-2/h5-7,13H,3-4,8-9H2,1-2H3. The van der Waals surface area contributed by atoms with Crippen LogP contribution in [0.15, 0.2) is 18.2 Å². The minimum atomic E-state index is 0.170. The highest BCUT2D eigenvalue weighted by Gasteiger charge is 2.01. The molecule has 0 aromatic heterocycles. The first-order chi connectivity index (χ1) is 7.30. The minimum Gasteiger partial charge on any atom is -0.396 e. The van der Waals surface area contributed by atoms with E-state index in [1.54, 1.807) is 14.2 Å². The van der Waals surface area contributed by atoms with Crippen LogP contribution in [0.25, 0.3) is 0 Å². The van der Waals surface area contributed by atoms with Gasteiger partial charge in [0.15, 0.2) is 0 Å². The predicted molar refractivity (Wildman–Crippen MR) is 58.7 cm³/mol. The molecule has 0 radical (unpaired) electrons. The maximum atomic E-state index is 8.90. The Bertz CT molecular complexity index is 237. The van der Waals surface area contributed by atoms with E-state index in [-0.39, 0.29) is 6.61 Å². The highest BCUT2D eigenvalue weighted by molar-refractivity contribution is 5.29. The van der Waals surface area contributed by atoms with Gasteiger partial charge in [0.25, 0.3) is 0 Å². The minimum absolute atomic E-state index is 0.170. The van der Waals surface area contributed by atoms with Gasteiger partial charge < -0.3 is 14.6 Å². The van der Waals surface area contributed by atoms with Crippen molar-refractivity contribution in [2.45, 2.75) is 19.6 Å². The van der Waals surface area contributed by atoms with Gasteiger partial charge in [-0.05, 0) is 23.1 Å².